The van der Waals surface area contributed by atoms with Crippen LogP contribution in [-0.2, 0) is 0 Å². The molecule has 7 heteroatoms. The van der Waals surface area contributed by atoms with E-state index in [1.807, 2.05) is 11.4 Å². The van der Waals surface area contributed by atoms with Crippen molar-refractivity contribution in [1.82, 2.24) is 10.3 Å². The maximum absolute atomic E-state index is 11.9. The Morgan fingerprint density at radius 2 is 2.21 bits per heavy atom. The first-order chi connectivity index (χ1) is 9.20. The largest absolute Gasteiger partial charge is 0.351 e. The first kappa shape index (κ1) is 14.6. The number of hydrogen-bond donors (Lipinski definition) is 2. The molecule has 4 nitrogen and oxygen atoms in total. The maximum Gasteiger partial charge on any atom is 0.270 e. The van der Waals surface area contributed by atoms with E-state index >= 15 is 0 Å². The molecule has 1 amide bonds. The average Bonchev–Trinajstić information content (AvgIpc) is 3.02. The third-order valence-electron chi connectivity index (χ3n) is 2.43. The van der Waals surface area contributed by atoms with Crippen LogP contribution in [0.3, 0.4) is 0 Å². The van der Waals surface area contributed by atoms with Gasteiger partial charge in [0.25, 0.3) is 5.91 Å². The summed E-state index contributed by atoms with van der Waals surface area (Å²) in [5.74, 6) is -0.116. The van der Waals surface area contributed by atoms with Crippen molar-refractivity contribution < 1.29 is 4.79 Å². The first-order valence-corrected chi connectivity index (χ1v) is 8.44. The molecule has 3 N–H and O–H groups in total. The SMILES string of the molecule is NCCCCNC(=O)c1csc(-c2cc(Br)cs2)n1. The summed E-state index contributed by atoms with van der Waals surface area (Å²) >= 11 is 6.51. The van der Waals surface area contributed by atoms with Crippen LogP contribution in [0, 0.1) is 0 Å². The van der Waals surface area contributed by atoms with Crippen molar-refractivity contribution in [2.24, 2.45) is 5.73 Å². The number of amides is 1. The average molecular weight is 360 g/mol. The van der Waals surface area contributed by atoms with Crippen LogP contribution in [0.25, 0.3) is 9.88 Å². The molecule has 0 fully saturated rings. The van der Waals surface area contributed by atoms with Crippen LogP contribution >= 0.6 is 38.6 Å². The number of unbranched alkanes of at least 4 members (excludes halogenated alkanes) is 1. The van der Waals surface area contributed by atoms with Gasteiger partial charge >= 0.3 is 0 Å². The summed E-state index contributed by atoms with van der Waals surface area (Å²) < 4.78 is 1.04. The maximum atomic E-state index is 11.9. The van der Waals surface area contributed by atoms with Crippen molar-refractivity contribution >= 4 is 44.5 Å². The molecule has 2 rings (SSSR count). The third kappa shape index (κ3) is 4.10. The van der Waals surface area contributed by atoms with Gasteiger partial charge in [-0.25, -0.2) is 4.98 Å². The van der Waals surface area contributed by atoms with Crippen molar-refractivity contribution in [2.45, 2.75) is 12.8 Å². The Balaban J connectivity index is 1.95. The molecule has 0 radical (unpaired) electrons. The van der Waals surface area contributed by atoms with Gasteiger partial charge in [0, 0.05) is 21.8 Å². The minimum absolute atomic E-state index is 0.116. The van der Waals surface area contributed by atoms with E-state index in [-0.39, 0.29) is 5.91 Å². The summed E-state index contributed by atoms with van der Waals surface area (Å²) in [5.41, 5.74) is 5.88. The summed E-state index contributed by atoms with van der Waals surface area (Å²) in [6, 6.07) is 2.01. The molecule has 2 aromatic rings. The van der Waals surface area contributed by atoms with E-state index in [2.05, 4.69) is 26.2 Å². The summed E-state index contributed by atoms with van der Waals surface area (Å²) in [7, 11) is 0. The first-order valence-electron chi connectivity index (χ1n) is 5.89. The minimum Gasteiger partial charge on any atom is -0.351 e. The highest BCUT2D eigenvalue weighted by molar-refractivity contribution is 9.10. The Bertz CT molecular complexity index is 553. The lowest BCUT2D eigenvalue weighted by atomic mass is 10.3. The summed E-state index contributed by atoms with van der Waals surface area (Å²) in [4.78, 5) is 17.3. The molecule has 102 valence electrons. The molecule has 0 bridgehead atoms. The van der Waals surface area contributed by atoms with Gasteiger partial charge in [0.2, 0.25) is 0 Å². The number of hydrogen-bond acceptors (Lipinski definition) is 5. The standard InChI is InChI=1S/C12H14BrN3OS2/c13-8-5-10(18-6-8)12-16-9(7-19-12)11(17)15-4-2-1-3-14/h5-7H,1-4,14H2,(H,15,17). The fraction of sp³-hybridized carbons (Fsp3) is 0.333. The van der Waals surface area contributed by atoms with E-state index in [1.165, 1.54) is 11.3 Å². The van der Waals surface area contributed by atoms with Crippen LogP contribution in [0.4, 0.5) is 0 Å². The highest BCUT2D eigenvalue weighted by Gasteiger charge is 2.12. The molecular formula is C12H14BrN3OS2. The molecule has 0 saturated carbocycles. The number of halogens is 1. The second kappa shape index (κ2) is 7.14. The molecule has 0 saturated heterocycles. The van der Waals surface area contributed by atoms with Gasteiger partial charge < -0.3 is 11.1 Å². The van der Waals surface area contributed by atoms with Crippen molar-refractivity contribution in [3.63, 3.8) is 0 Å². The van der Waals surface area contributed by atoms with E-state index in [0.29, 0.717) is 18.8 Å². The lowest BCUT2D eigenvalue weighted by Crippen LogP contribution is -2.25. The molecule has 0 aliphatic rings. The highest BCUT2D eigenvalue weighted by atomic mass is 79.9. The minimum atomic E-state index is -0.116. The fourth-order valence-corrected chi connectivity index (χ4v) is 3.79. The zero-order valence-electron chi connectivity index (χ0n) is 10.2. The second-order valence-corrected chi connectivity index (χ2v) is 6.60. The number of nitrogens with one attached hydrogen (secondary N) is 1. The Labute approximate surface area is 128 Å². The topological polar surface area (TPSA) is 68.0 Å². The number of carbonyl (C=O) groups is 1. The van der Waals surface area contributed by atoms with Gasteiger partial charge in [-0.1, -0.05) is 0 Å². The zero-order valence-corrected chi connectivity index (χ0v) is 13.4. The lowest BCUT2D eigenvalue weighted by Gasteiger charge is -2.01. The van der Waals surface area contributed by atoms with Gasteiger partial charge in [-0.15, -0.1) is 22.7 Å². The second-order valence-electron chi connectivity index (χ2n) is 3.92. The number of aromatic nitrogens is 1. The molecule has 0 aromatic carbocycles. The predicted molar refractivity (Wildman–Crippen MR) is 83.7 cm³/mol. The summed E-state index contributed by atoms with van der Waals surface area (Å²) in [5, 5.41) is 7.52. The third-order valence-corrected chi connectivity index (χ3v) is 5.13. The van der Waals surface area contributed by atoms with Crippen LogP contribution in [0.1, 0.15) is 23.3 Å². The monoisotopic (exact) mass is 359 g/mol. The Kier molecular flexibility index (Phi) is 5.50. The highest BCUT2D eigenvalue weighted by Crippen LogP contribution is 2.31. The van der Waals surface area contributed by atoms with Crippen molar-refractivity contribution in [2.75, 3.05) is 13.1 Å². The molecule has 19 heavy (non-hydrogen) atoms. The van der Waals surface area contributed by atoms with Gasteiger partial charge in [-0.3, -0.25) is 4.79 Å². The van der Waals surface area contributed by atoms with Crippen LogP contribution in [0.5, 0.6) is 0 Å². The van der Waals surface area contributed by atoms with Crippen molar-refractivity contribution in [3.8, 4) is 9.88 Å². The normalized spacial score (nSPS) is 10.6. The summed E-state index contributed by atoms with van der Waals surface area (Å²) in [6.07, 6.45) is 1.82. The van der Waals surface area contributed by atoms with Gasteiger partial charge in [-0.2, -0.15) is 0 Å². The number of nitrogens with zero attached hydrogens (tertiary/aromatic N) is 1. The Morgan fingerprint density at radius 3 is 2.89 bits per heavy atom. The lowest BCUT2D eigenvalue weighted by molar-refractivity contribution is 0.0949. The van der Waals surface area contributed by atoms with Crippen LogP contribution in [-0.4, -0.2) is 24.0 Å². The smallest absolute Gasteiger partial charge is 0.270 e. The molecule has 0 atom stereocenters. The van der Waals surface area contributed by atoms with Gasteiger partial charge in [-0.05, 0) is 41.4 Å². The fourth-order valence-electron chi connectivity index (χ4n) is 1.48. The molecule has 0 aliphatic carbocycles. The molecule has 0 unspecified atom stereocenters. The molecule has 2 heterocycles. The van der Waals surface area contributed by atoms with Crippen LogP contribution in [0.15, 0.2) is 21.3 Å². The number of carbonyl (C=O) groups excluding carboxylic acids is 1. The van der Waals surface area contributed by atoms with E-state index in [1.54, 1.807) is 16.7 Å². The molecular weight excluding hydrogens is 346 g/mol. The van der Waals surface area contributed by atoms with Gasteiger partial charge in [0.1, 0.15) is 10.7 Å². The number of nitrogens with two attached hydrogens (primary N) is 1. The van der Waals surface area contributed by atoms with Crippen LogP contribution in [0.2, 0.25) is 0 Å². The molecule has 2 aromatic heterocycles. The van der Waals surface area contributed by atoms with E-state index in [4.69, 9.17) is 5.73 Å². The predicted octanol–water partition coefficient (Wildman–Crippen LogP) is 3.10. The van der Waals surface area contributed by atoms with Crippen molar-refractivity contribution in [3.05, 3.63) is 27.0 Å². The Morgan fingerprint density at radius 1 is 1.37 bits per heavy atom. The Hall–Kier alpha value is -0.760. The van der Waals surface area contributed by atoms with Crippen LogP contribution < -0.4 is 11.1 Å². The van der Waals surface area contributed by atoms with E-state index < -0.39 is 0 Å². The van der Waals surface area contributed by atoms with E-state index in [9.17, 15) is 4.79 Å². The number of thiazole rings is 1. The number of thiophene rings is 1. The zero-order chi connectivity index (χ0) is 13.7. The van der Waals surface area contributed by atoms with Crippen molar-refractivity contribution in [1.29, 1.82) is 0 Å². The van der Waals surface area contributed by atoms with Gasteiger partial charge in [0.15, 0.2) is 0 Å². The molecule has 0 aliphatic heterocycles. The number of rotatable bonds is 6. The molecule has 0 spiro atoms. The summed E-state index contributed by atoms with van der Waals surface area (Å²) in [6.45, 7) is 1.30. The van der Waals surface area contributed by atoms with E-state index in [0.717, 1.165) is 27.2 Å². The van der Waals surface area contributed by atoms with Gasteiger partial charge in [0.05, 0.1) is 4.88 Å². The quantitative estimate of drug-likeness (QED) is 0.778.